The van der Waals surface area contributed by atoms with Crippen LogP contribution in [0.4, 0.5) is 0 Å². The van der Waals surface area contributed by atoms with Crippen molar-refractivity contribution in [2.75, 3.05) is 0 Å². The number of hydrogen-bond acceptors (Lipinski definition) is 1. The van der Waals surface area contributed by atoms with E-state index in [2.05, 4.69) is 13.0 Å². The Morgan fingerprint density at radius 2 is 2.30 bits per heavy atom. The van der Waals surface area contributed by atoms with Gasteiger partial charge >= 0.3 is 0 Å². The number of carbonyl (C=O) groups is 1. The summed E-state index contributed by atoms with van der Waals surface area (Å²) in [6.45, 7) is 2.10. The maximum Gasteiger partial charge on any atom is 0.120 e. The fraction of sp³-hybridized carbons (Fsp3) is 0.667. The number of hydrogen-bond donors (Lipinski definition) is 0. The average molecular weight is 138 g/mol. The summed E-state index contributed by atoms with van der Waals surface area (Å²) in [6, 6.07) is 0. The lowest BCUT2D eigenvalue weighted by Gasteiger charge is -2.17. The maximum atomic E-state index is 10.1. The lowest BCUT2D eigenvalue weighted by Crippen LogP contribution is -2.00. The van der Waals surface area contributed by atoms with Crippen LogP contribution in [0.3, 0.4) is 0 Å². The van der Waals surface area contributed by atoms with Crippen LogP contribution in [-0.2, 0) is 4.79 Å². The predicted molar refractivity (Wildman–Crippen MR) is 41.8 cm³/mol. The van der Waals surface area contributed by atoms with Gasteiger partial charge in [0, 0.05) is 6.42 Å². The zero-order valence-electron chi connectivity index (χ0n) is 6.47. The fourth-order valence-electron chi connectivity index (χ4n) is 1.17. The standard InChI is InChI=1S/C9H14O/c1-8(5-6-10)7-9-3-2-4-9/h6-8H,2-5H2,1H3. The van der Waals surface area contributed by atoms with Crippen molar-refractivity contribution in [3.05, 3.63) is 11.6 Å². The second-order valence-corrected chi connectivity index (χ2v) is 3.06. The molecule has 1 atom stereocenters. The monoisotopic (exact) mass is 138 g/mol. The van der Waals surface area contributed by atoms with Crippen molar-refractivity contribution in [3.8, 4) is 0 Å². The number of aldehydes is 1. The van der Waals surface area contributed by atoms with E-state index in [9.17, 15) is 4.79 Å². The Bertz CT molecular complexity index is 141. The first-order chi connectivity index (χ1) is 4.83. The summed E-state index contributed by atoms with van der Waals surface area (Å²) in [7, 11) is 0. The molecule has 0 bridgehead atoms. The fourth-order valence-corrected chi connectivity index (χ4v) is 1.17. The average Bonchev–Trinajstić information content (AvgIpc) is 1.80. The highest BCUT2D eigenvalue weighted by molar-refractivity contribution is 5.50. The molecule has 1 saturated carbocycles. The van der Waals surface area contributed by atoms with E-state index in [-0.39, 0.29) is 0 Å². The van der Waals surface area contributed by atoms with Crippen molar-refractivity contribution in [2.45, 2.75) is 32.6 Å². The molecule has 0 spiro atoms. The Hall–Kier alpha value is -0.590. The third kappa shape index (κ3) is 1.98. The minimum Gasteiger partial charge on any atom is -0.303 e. The van der Waals surface area contributed by atoms with E-state index in [1.165, 1.54) is 19.3 Å². The molecule has 0 N–H and O–H groups in total. The summed E-state index contributed by atoms with van der Waals surface area (Å²) >= 11 is 0. The Balaban J connectivity index is 2.27. The summed E-state index contributed by atoms with van der Waals surface area (Å²) in [5, 5.41) is 0. The molecule has 1 heteroatoms. The molecule has 1 aliphatic carbocycles. The van der Waals surface area contributed by atoms with Crippen molar-refractivity contribution in [1.82, 2.24) is 0 Å². The van der Waals surface area contributed by atoms with Crippen LogP contribution in [0.15, 0.2) is 11.6 Å². The van der Waals surface area contributed by atoms with Gasteiger partial charge in [0.25, 0.3) is 0 Å². The maximum absolute atomic E-state index is 10.1. The van der Waals surface area contributed by atoms with Crippen LogP contribution >= 0.6 is 0 Å². The lowest BCUT2D eigenvalue weighted by molar-refractivity contribution is -0.108. The van der Waals surface area contributed by atoms with Crippen LogP contribution < -0.4 is 0 Å². The number of allylic oxidation sites excluding steroid dienone is 2. The van der Waals surface area contributed by atoms with E-state index in [0.717, 1.165) is 6.29 Å². The van der Waals surface area contributed by atoms with Crippen LogP contribution in [0.25, 0.3) is 0 Å². The smallest absolute Gasteiger partial charge is 0.120 e. The molecule has 0 aromatic carbocycles. The highest BCUT2D eigenvalue weighted by Gasteiger charge is 2.08. The lowest BCUT2D eigenvalue weighted by atomic mass is 9.89. The highest BCUT2D eigenvalue weighted by atomic mass is 16.1. The molecule has 10 heavy (non-hydrogen) atoms. The highest BCUT2D eigenvalue weighted by Crippen LogP contribution is 2.26. The molecule has 1 aliphatic rings. The van der Waals surface area contributed by atoms with E-state index < -0.39 is 0 Å². The molecular formula is C9H14O. The van der Waals surface area contributed by atoms with Gasteiger partial charge in [0.05, 0.1) is 0 Å². The van der Waals surface area contributed by atoms with E-state index >= 15 is 0 Å². The summed E-state index contributed by atoms with van der Waals surface area (Å²) in [5.74, 6) is 0.466. The molecule has 56 valence electrons. The quantitative estimate of drug-likeness (QED) is 0.432. The van der Waals surface area contributed by atoms with Crippen molar-refractivity contribution in [3.63, 3.8) is 0 Å². The van der Waals surface area contributed by atoms with Gasteiger partial charge in [-0.05, 0) is 25.2 Å². The molecule has 0 amide bonds. The van der Waals surface area contributed by atoms with Crippen molar-refractivity contribution >= 4 is 6.29 Å². The van der Waals surface area contributed by atoms with E-state index in [1.807, 2.05) is 0 Å². The molecule has 0 heterocycles. The predicted octanol–water partition coefficient (Wildman–Crippen LogP) is 2.32. The molecular weight excluding hydrogens is 124 g/mol. The van der Waals surface area contributed by atoms with Crippen molar-refractivity contribution in [2.24, 2.45) is 5.92 Å². The topological polar surface area (TPSA) is 17.1 Å². The molecule has 0 saturated heterocycles. The first-order valence-electron chi connectivity index (χ1n) is 3.96. The van der Waals surface area contributed by atoms with E-state index in [1.54, 1.807) is 5.57 Å². The van der Waals surface area contributed by atoms with Gasteiger partial charge < -0.3 is 4.79 Å². The molecule has 0 aromatic heterocycles. The number of rotatable bonds is 3. The third-order valence-corrected chi connectivity index (χ3v) is 1.98. The van der Waals surface area contributed by atoms with E-state index in [0.29, 0.717) is 12.3 Å². The second kappa shape index (κ2) is 3.55. The normalized spacial score (nSPS) is 19.5. The minimum absolute atomic E-state index is 0.466. The van der Waals surface area contributed by atoms with Crippen molar-refractivity contribution < 1.29 is 4.79 Å². The van der Waals surface area contributed by atoms with Gasteiger partial charge in [-0.3, -0.25) is 0 Å². The zero-order chi connectivity index (χ0) is 7.40. The second-order valence-electron chi connectivity index (χ2n) is 3.06. The summed E-state index contributed by atoms with van der Waals surface area (Å²) < 4.78 is 0. The first-order valence-corrected chi connectivity index (χ1v) is 3.96. The largest absolute Gasteiger partial charge is 0.303 e. The Labute approximate surface area is 62.1 Å². The van der Waals surface area contributed by atoms with Crippen LogP contribution in [0, 0.1) is 5.92 Å². The summed E-state index contributed by atoms with van der Waals surface area (Å²) in [6.07, 6.45) is 7.81. The van der Waals surface area contributed by atoms with Gasteiger partial charge in [-0.2, -0.15) is 0 Å². The molecule has 1 rings (SSSR count). The number of carbonyl (C=O) groups excluding carboxylic acids is 1. The van der Waals surface area contributed by atoms with Gasteiger partial charge in [-0.15, -0.1) is 0 Å². The molecule has 1 fully saturated rings. The zero-order valence-corrected chi connectivity index (χ0v) is 6.47. The molecule has 0 aliphatic heterocycles. The minimum atomic E-state index is 0.466. The van der Waals surface area contributed by atoms with Gasteiger partial charge in [-0.1, -0.05) is 18.6 Å². The van der Waals surface area contributed by atoms with Gasteiger partial charge in [0.15, 0.2) is 0 Å². The summed E-state index contributed by atoms with van der Waals surface area (Å²) in [4.78, 5) is 10.1. The van der Waals surface area contributed by atoms with Crippen LogP contribution in [0.1, 0.15) is 32.6 Å². The van der Waals surface area contributed by atoms with Crippen LogP contribution in [0.5, 0.6) is 0 Å². The van der Waals surface area contributed by atoms with Crippen LogP contribution in [-0.4, -0.2) is 6.29 Å². The van der Waals surface area contributed by atoms with Gasteiger partial charge in [-0.25, -0.2) is 0 Å². The van der Waals surface area contributed by atoms with Gasteiger partial charge in [0.2, 0.25) is 0 Å². The van der Waals surface area contributed by atoms with Gasteiger partial charge in [0.1, 0.15) is 6.29 Å². The Morgan fingerprint density at radius 3 is 2.70 bits per heavy atom. The molecule has 0 aromatic rings. The third-order valence-electron chi connectivity index (χ3n) is 1.98. The Morgan fingerprint density at radius 1 is 1.60 bits per heavy atom. The summed E-state index contributed by atoms with van der Waals surface area (Å²) in [5.41, 5.74) is 1.55. The molecule has 0 radical (unpaired) electrons. The van der Waals surface area contributed by atoms with E-state index in [4.69, 9.17) is 0 Å². The van der Waals surface area contributed by atoms with Crippen molar-refractivity contribution in [1.29, 1.82) is 0 Å². The SMILES string of the molecule is CC(C=C1CCC1)CC=O. The Kier molecular flexibility index (Phi) is 2.67. The first kappa shape index (κ1) is 7.52. The van der Waals surface area contributed by atoms with Crippen LogP contribution in [0.2, 0.25) is 0 Å². The molecule has 1 nitrogen and oxygen atoms in total. The molecule has 1 unspecified atom stereocenters.